The fraction of sp³-hybridized carbons (Fsp3) is 0.500. The van der Waals surface area contributed by atoms with Crippen molar-refractivity contribution in [1.82, 2.24) is 0 Å². The van der Waals surface area contributed by atoms with Gasteiger partial charge >= 0.3 is 5.97 Å². The van der Waals surface area contributed by atoms with E-state index in [1.807, 2.05) is 26.0 Å². The zero-order chi connectivity index (χ0) is 13.8. The van der Waals surface area contributed by atoms with E-state index < -0.39 is 11.6 Å². The lowest BCUT2D eigenvalue weighted by Crippen LogP contribution is -2.41. The average molecular weight is 288 g/mol. The summed E-state index contributed by atoms with van der Waals surface area (Å²) in [4.78, 5) is 11.3. The fourth-order valence-corrected chi connectivity index (χ4v) is 1.87. The fourth-order valence-electron chi connectivity index (χ4n) is 1.87. The molecule has 0 heterocycles. The summed E-state index contributed by atoms with van der Waals surface area (Å²) in [5.41, 5.74) is 6.29. The Morgan fingerprint density at radius 2 is 2.11 bits per heavy atom. The van der Waals surface area contributed by atoms with Gasteiger partial charge < -0.3 is 15.6 Å². The van der Waals surface area contributed by atoms with Crippen LogP contribution >= 0.6 is 12.4 Å². The number of carboxylic acid groups (broad SMARTS) is 1. The van der Waals surface area contributed by atoms with Crippen molar-refractivity contribution in [2.75, 3.05) is 0 Å². The molecule has 0 aliphatic carbocycles. The average Bonchev–Trinajstić information content (AvgIpc) is 2.32. The predicted octanol–water partition coefficient (Wildman–Crippen LogP) is 2.90. The number of benzene rings is 1. The SMILES string of the molecule is CCCC(C)(Oc1ccc(CN)cc1C)C(=O)O.Cl. The largest absolute Gasteiger partial charge is 0.478 e. The van der Waals surface area contributed by atoms with Crippen LogP contribution in [-0.4, -0.2) is 16.7 Å². The van der Waals surface area contributed by atoms with Crippen LogP contribution in [0.5, 0.6) is 5.75 Å². The molecule has 19 heavy (non-hydrogen) atoms. The van der Waals surface area contributed by atoms with Gasteiger partial charge in [0, 0.05) is 6.54 Å². The minimum atomic E-state index is -1.18. The summed E-state index contributed by atoms with van der Waals surface area (Å²) in [5, 5.41) is 9.27. The molecular formula is C14H22ClNO3. The maximum absolute atomic E-state index is 11.3. The summed E-state index contributed by atoms with van der Waals surface area (Å²) < 4.78 is 5.69. The van der Waals surface area contributed by atoms with Crippen LogP contribution in [0.4, 0.5) is 0 Å². The summed E-state index contributed by atoms with van der Waals surface area (Å²) in [7, 11) is 0. The van der Waals surface area contributed by atoms with E-state index in [9.17, 15) is 9.90 Å². The van der Waals surface area contributed by atoms with Crippen molar-refractivity contribution in [1.29, 1.82) is 0 Å². The number of carbonyl (C=O) groups is 1. The molecule has 0 radical (unpaired) electrons. The molecule has 0 aromatic heterocycles. The van der Waals surface area contributed by atoms with E-state index in [1.54, 1.807) is 13.0 Å². The van der Waals surface area contributed by atoms with E-state index in [4.69, 9.17) is 10.5 Å². The van der Waals surface area contributed by atoms with Crippen molar-refractivity contribution in [3.8, 4) is 5.75 Å². The van der Waals surface area contributed by atoms with Crippen molar-refractivity contribution < 1.29 is 14.6 Å². The molecule has 1 rings (SSSR count). The molecule has 0 bridgehead atoms. The maximum Gasteiger partial charge on any atom is 0.347 e. The summed E-state index contributed by atoms with van der Waals surface area (Å²) in [6.45, 7) is 5.90. The van der Waals surface area contributed by atoms with Crippen LogP contribution < -0.4 is 10.5 Å². The van der Waals surface area contributed by atoms with Crippen LogP contribution in [0.1, 0.15) is 37.8 Å². The number of carboxylic acids is 1. The molecule has 0 aliphatic rings. The maximum atomic E-state index is 11.3. The van der Waals surface area contributed by atoms with Crippen molar-refractivity contribution in [2.45, 2.75) is 45.8 Å². The molecule has 0 saturated carbocycles. The van der Waals surface area contributed by atoms with Crippen LogP contribution in [0.2, 0.25) is 0 Å². The van der Waals surface area contributed by atoms with Crippen molar-refractivity contribution in [2.24, 2.45) is 5.73 Å². The molecule has 1 aromatic carbocycles. The first-order chi connectivity index (χ1) is 8.42. The second-order valence-electron chi connectivity index (χ2n) is 4.69. The van der Waals surface area contributed by atoms with Crippen LogP contribution in [0.15, 0.2) is 18.2 Å². The highest BCUT2D eigenvalue weighted by Crippen LogP contribution is 2.26. The van der Waals surface area contributed by atoms with E-state index in [0.29, 0.717) is 18.7 Å². The third kappa shape index (κ3) is 4.40. The number of rotatable bonds is 6. The topological polar surface area (TPSA) is 72.5 Å². The predicted molar refractivity (Wildman–Crippen MR) is 77.9 cm³/mol. The van der Waals surface area contributed by atoms with Gasteiger partial charge in [0.15, 0.2) is 0 Å². The molecule has 4 nitrogen and oxygen atoms in total. The monoisotopic (exact) mass is 287 g/mol. The minimum absolute atomic E-state index is 0. The van der Waals surface area contributed by atoms with Crippen LogP contribution in [0.25, 0.3) is 0 Å². The van der Waals surface area contributed by atoms with Crippen LogP contribution in [0, 0.1) is 6.92 Å². The molecule has 1 aromatic rings. The highest BCUT2D eigenvalue weighted by molar-refractivity contribution is 5.85. The number of halogens is 1. The highest BCUT2D eigenvalue weighted by atomic mass is 35.5. The summed E-state index contributed by atoms with van der Waals surface area (Å²) in [5.74, 6) is -0.336. The van der Waals surface area contributed by atoms with Gasteiger partial charge in [-0.05, 0) is 37.5 Å². The van der Waals surface area contributed by atoms with Gasteiger partial charge in [0.05, 0.1) is 0 Å². The number of hydrogen-bond acceptors (Lipinski definition) is 3. The van der Waals surface area contributed by atoms with Gasteiger partial charge in [0.1, 0.15) is 5.75 Å². The second kappa shape index (κ2) is 7.36. The molecular weight excluding hydrogens is 266 g/mol. The lowest BCUT2D eigenvalue weighted by atomic mass is 10.00. The number of ether oxygens (including phenoxy) is 1. The number of nitrogens with two attached hydrogens (primary N) is 1. The summed E-state index contributed by atoms with van der Waals surface area (Å²) in [6.07, 6.45) is 1.23. The van der Waals surface area contributed by atoms with Gasteiger partial charge in [-0.3, -0.25) is 0 Å². The van der Waals surface area contributed by atoms with Crippen molar-refractivity contribution in [3.05, 3.63) is 29.3 Å². The smallest absolute Gasteiger partial charge is 0.347 e. The van der Waals surface area contributed by atoms with Gasteiger partial charge in [0.2, 0.25) is 5.60 Å². The van der Waals surface area contributed by atoms with E-state index in [0.717, 1.165) is 17.5 Å². The Morgan fingerprint density at radius 1 is 1.47 bits per heavy atom. The summed E-state index contributed by atoms with van der Waals surface area (Å²) >= 11 is 0. The first-order valence-corrected chi connectivity index (χ1v) is 6.15. The second-order valence-corrected chi connectivity index (χ2v) is 4.69. The van der Waals surface area contributed by atoms with Crippen LogP contribution in [-0.2, 0) is 11.3 Å². The Labute approximate surface area is 120 Å². The Kier molecular flexibility index (Phi) is 6.87. The molecule has 1 unspecified atom stereocenters. The number of aliphatic carboxylic acids is 1. The zero-order valence-electron chi connectivity index (χ0n) is 11.6. The standard InChI is InChI=1S/C14H21NO3.ClH/c1-4-7-14(3,13(16)17)18-12-6-5-11(9-15)8-10(12)2;/h5-6,8H,4,7,9,15H2,1-3H3,(H,16,17);1H. The quantitative estimate of drug-likeness (QED) is 0.844. The molecule has 0 fully saturated rings. The lowest BCUT2D eigenvalue weighted by Gasteiger charge is -2.27. The molecule has 0 aliphatic heterocycles. The van der Waals surface area contributed by atoms with Gasteiger partial charge in [-0.2, -0.15) is 0 Å². The Hall–Kier alpha value is -1.26. The van der Waals surface area contributed by atoms with Gasteiger partial charge in [-0.1, -0.05) is 25.5 Å². The van der Waals surface area contributed by atoms with E-state index in [1.165, 1.54) is 0 Å². The third-order valence-corrected chi connectivity index (χ3v) is 2.99. The zero-order valence-corrected chi connectivity index (χ0v) is 12.4. The summed E-state index contributed by atoms with van der Waals surface area (Å²) in [6, 6.07) is 5.56. The van der Waals surface area contributed by atoms with Gasteiger partial charge in [0.25, 0.3) is 0 Å². The minimum Gasteiger partial charge on any atom is -0.478 e. The molecule has 3 N–H and O–H groups in total. The van der Waals surface area contributed by atoms with Crippen molar-refractivity contribution in [3.63, 3.8) is 0 Å². The first-order valence-electron chi connectivity index (χ1n) is 6.15. The van der Waals surface area contributed by atoms with E-state index in [-0.39, 0.29) is 12.4 Å². The molecule has 5 heteroatoms. The van der Waals surface area contributed by atoms with E-state index in [2.05, 4.69) is 0 Å². The molecule has 108 valence electrons. The number of hydrogen-bond donors (Lipinski definition) is 2. The third-order valence-electron chi connectivity index (χ3n) is 2.99. The number of aryl methyl sites for hydroxylation is 1. The molecule has 0 saturated heterocycles. The van der Waals surface area contributed by atoms with E-state index >= 15 is 0 Å². The van der Waals surface area contributed by atoms with Gasteiger partial charge in [-0.15, -0.1) is 12.4 Å². The highest BCUT2D eigenvalue weighted by Gasteiger charge is 2.34. The normalized spacial score (nSPS) is 13.3. The Bertz CT molecular complexity index is 437. The van der Waals surface area contributed by atoms with Crippen molar-refractivity contribution >= 4 is 18.4 Å². The Balaban J connectivity index is 0.00000324. The molecule has 0 amide bonds. The lowest BCUT2D eigenvalue weighted by molar-refractivity contribution is -0.154. The molecule has 1 atom stereocenters. The van der Waals surface area contributed by atoms with Crippen LogP contribution in [0.3, 0.4) is 0 Å². The molecule has 0 spiro atoms. The first kappa shape index (κ1) is 17.7. The van der Waals surface area contributed by atoms with Gasteiger partial charge in [-0.25, -0.2) is 4.79 Å². The Morgan fingerprint density at radius 3 is 2.53 bits per heavy atom.